The highest BCUT2D eigenvalue weighted by Gasteiger charge is 2.16. The Kier molecular flexibility index (Phi) is 5.51. The molecule has 1 aliphatic rings. The topological polar surface area (TPSA) is 62.7 Å². The molecule has 0 aliphatic heterocycles. The summed E-state index contributed by atoms with van der Waals surface area (Å²) in [5.74, 6) is 1.45. The normalized spacial score (nSPS) is 14.6. The summed E-state index contributed by atoms with van der Waals surface area (Å²) < 4.78 is 0. The maximum Gasteiger partial charge on any atom is 0.225 e. The summed E-state index contributed by atoms with van der Waals surface area (Å²) in [5, 5.41) is 7.04. The first-order chi connectivity index (χ1) is 13.7. The van der Waals surface area contributed by atoms with Crippen molar-refractivity contribution in [3.63, 3.8) is 0 Å². The van der Waals surface area contributed by atoms with Gasteiger partial charge in [-0.1, -0.05) is 37.5 Å². The maximum atomic E-state index is 4.76. The molecular formula is C23H27N5. The van der Waals surface area contributed by atoms with Gasteiger partial charge >= 0.3 is 0 Å². The van der Waals surface area contributed by atoms with Gasteiger partial charge in [0.25, 0.3) is 0 Å². The minimum absolute atomic E-state index is 0.446. The molecule has 0 radical (unpaired) electrons. The zero-order valence-corrected chi connectivity index (χ0v) is 16.6. The molecule has 1 fully saturated rings. The van der Waals surface area contributed by atoms with Crippen molar-refractivity contribution in [2.75, 3.05) is 10.6 Å². The average molecular weight is 374 g/mol. The highest BCUT2D eigenvalue weighted by molar-refractivity contribution is 5.67. The SMILES string of the molecule is Cc1cccc(Nc2cc(-c3ccccn3)nc(NC3CCCCC3)n2)c1C. The molecule has 3 aromatic rings. The summed E-state index contributed by atoms with van der Waals surface area (Å²) in [7, 11) is 0. The standard InChI is InChI=1S/C23H27N5/c1-16-9-8-13-19(17(16)2)26-22-15-21(20-12-6-7-14-24-20)27-23(28-22)25-18-10-4-3-5-11-18/h6-9,12-15,18H,3-5,10-11H2,1-2H3,(H2,25,26,27,28). The third kappa shape index (κ3) is 4.30. The highest BCUT2D eigenvalue weighted by Crippen LogP contribution is 2.27. The molecule has 2 aromatic heterocycles. The van der Waals surface area contributed by atoms with Crippen LogP contribution < -0.4 is 10.6 Å². The summed E-state index contributed by atoms with van der Waals surface area (Å²) in [5.41, 5.74) is 5.21. The van der Waals surface area contributed by atoms with Gasteiger partial charge in [0, 0.05) is 24.0 Å². The van der Waals surface area contributed by atoms with E-state index in [9.17, 15) is 0 Å². The van der Waals surface area contributed by atoms with Crippen LogP contribution in [0.15, 0.2) is 48.7 Å². The van der Waals surface area contributed by atoms with E-state index in [1.54, 1.807) is 6.20 Å². The van der Waals surface area contributed by atoms with Crippen LogP contribution >= 0.6 is 0 Å². The van der Waals surface area contributed by atoms with Crippen LogP contribution in [0.2, 0.25) is 0 Å². The maximum absolute atomic E-state index is 4.76. The number of aryl methyl sites for hydroxylation is 1. The second-order valence-corrected chi connectivity index (χ2v) is 7.53. The van der Waals surface area contributed by atoms with E-state index < -0.39 is 0 Å². The fourth-order valence-corrected chi connectivity index (χ4v) is 3.68. The predicted octanol–water partition coefficient (Wildman–Crippen LogP) is 5.64. The predicted molar refractivity (Wildman–Crippen MR) is 115 cm³/mol. The van der Waals surface area contributed by atoms with E-state index in [4.69, 9.17) is 9.97 Å². The first kappa shape index (κ1) is 18.4. The van der Waals surface area contributed by atoms with Gasteiger partial charge in [-0.3, -0.25) is 4.98 Å². The largest absolute Gasteiger partial charge is 0.351 e. The molecule has 0 unspecified atom stereocenters. The molecule has 144 valence electrons. The van der Waals surface area contributed by atoms with E-state index in [0.717, 1.165) is 22.9 Å². The molecule has 0 amide bonds. The van der Waals surface area contributed by atoms with Crippen LogP contribution in [-0.2, 0) is 0 Å². The Morgan fingerprint density at radius 1 is 0.893 bits per heavy atom. The number of hydrogen-bond acceptors (Lipinski definition) is 5. The monoisotopic (exact) mass is 373 g/mol. The molecule has 0 saturated heterocycles. The van der Waals surface area contributed by atoms with Gasteiger partial charge < -0.3 is 10.6 Å². The Labute approximate surface area is 166 Å². The van der Waals surface area contributed by atoms with Crippen molar-refractivity contribution in [1.82, 2.24) is 15.0 Å². The van der Waals surface area contributed by atoms with Gasteiger partial charge in [0.05, 0.1) is 11.4 Å². The lowest BCUT2D eigenvalue weighted by Gasteiger charge is -2.23. The summed E-state index contributed by atoms with van der Waals surface area (Å²) in [6, 6.07) is 14.6. The fourth-order valence-electron chi connectivity index (χ4n) is 3.68. The van der Waals surface area contributed by atoms with Crippen LogP contribution in [0.1, 0.15) is 43.2 Å². The number of benzene rings is 1. The molecule has 28 heavy (non-hydrogen) atoms. The lowest BCUT2D eigenvalue weighted by atomic mass is 9.96. The van der Waals surface area contributed by atoms with Gasteiger partial charge in [-0.15, -0.1) is 0 Å². The van der Waals surface area contributed by atoms with Crippen molar-refractivity contribution in [1.29, 1.82) is 0 Å². The first-order valence-corrected chi connectivity index (χ1v) is 10.1. The Bertz CT molecular complexity index is 933. The minimum Gasteiger partial charge on any atom is -0.351 e. The molecule has 0 spiro atoms. The smallest absolute Gasteiger partial charge is 0.225 e. The number of rotatable bonds is 5. The Hall–Kier alpha value is -2.95. The summed E-state index contributed by atoms with van der Waals surface area (Å²) in [6.45, 7) is 4.25. The zero-order valence-electron chi connectivity index (χ0n) is 16.6. The summed E-state index contributed by atoms with van der Waals surface area (Å²) >= 11 is 0. The van der Waals surface area contributed by atoms with Crippen LogP contribution in [0, 0.1) is 13.8 Å². The lowest BCUT2D eigenvalue weighted by Crippen LogP contribution is -2.23. The van der Waals surface area contributed by atoms with Crippen LogP contribution in [0.3, 0.4) is 0 Å². The van der Waals surface area contributed by atoms with Crippen molar-refractivity contribution >= 4 is 17.5 Å². The van der Waals surface area contributed by atoms with Crippen LogP contribution in [0.5, 0.6) is 0 Å². The molecule has 1 aromatic carbocycles. The van der Waals surface area contributed by atoms with Crippen molar-refractivity contribution < 1.29 is 0 Å². The summed E-state index contributed by atoms with van der Waals surface area (Å²) in [4.78, 5) is 14.0. The van der Waals surface area contributed by atoms with E-state index in [2.05, 4.69) is 47.7 Å². The van der Waals surface area contributed by atoms with Gasteiger partial charge in [-0.05, 0) is 56.0 Å². The van der Waals surface area contributed by atoms with Gasteiger partial charge in [-0.2, -0.15) is 4.98 Å². The van der Waals surface area contributed by atoms with E-state index in [-0.39, 0.29) is 0 Å². The molecule has 2 heterocycles. The molecular weight excluding hydrogens is 346 g/mol. The molecule has 1 saturated carbocycles. The quantitative estimate of drug-likeness (QED) is 0.605. The lowest BCUT2D eigenvalue weighted by molar-refractivity contribution is 0.461. The Morgan fingerprint density at radius 2 is 1.75 bits per heavy atom. The van der Waals surface area contributed by atoms with Crippen molar-refractivity contribution in [2.24, 2.45) is 0 Å². The molecule has 0 atom stereocenters. The minimum atomic E-state index is 0.446. The van der Waals surface area contributed by atoms with E-state index in [1.807, 2.05) is 24.3 Å². The van der Waals surface area contributed by atoms with Gasteiger partial charge in [0.15, 0.2) is 0 Å². The van der Waals surface area contributed by atoms with Crippen LogP contribution in [0.4, 0.5) is 17.5 Å². The van der Waals surface area contributed by atoms with Crippen LogP contribution in [-0.4, -0.2) is 21.0 Å². The Morgan fingerprint density at radius 3 is 2.54 bits per heavy atom. The zero-order chi connectivity index (χ0) is 19.3. The van der Waals surface area contributed by atoms with E-state index in [1.165, 1.54) is 43.2 Å². The fraction of sp³-hybridized carbons (Fsp3) is 0.348. The second kappa shape index (κ2) is 8.38. The van der Waals surface area contributed by atoms with Gasteiger partial charge in [0.1, 0.15) is 5.82 Å². The first-order valence-electron chi connectivity index (χ1n) is 10.1. The molecule has 2 N–H and O–H groups in total. The number of pyridine rings is 1. The highest BCUT2D eigenvalue weighted by atomic mass is 15.2. The second-order valence-electron chi connectivity index (χ2n) is 7.53. The number of nitrogens with zero attached hydrogens (tertiary/aromatic N) is 3. The van der Waals surface area contributed by atoms with Crippen molar-refractivity contribution in [3.05, 3.63) is 59.8 Å². The molecule has 5 nitrogen and oxygen atoms in total. The summed E-state index contributed by atoms with van der Waals surface area (Å²) in [6.07, 6.45) is 8.01. The van der Waals surface area contributed by atoms with Crippen molar-refractivity contribution in [3.8, 4) is 11.4 Å². The number of aromatic nitrogens is 3. The molecule has 4 rings (SSSR count). The Balaban J connectivity index is 1.68. The molecule has 5 heteroatoms. The van der Waals surface area contributed by atoms with E-state index >= 15 is 0 Å². The number of anilines is 3. The molecule has 0 bridgehead atoms. The van der Waals surface area contributed by atoms with Crippen LogP contribution in [0.25, 0.3) is 11.4 Å². The van der Waals surface area contributed by atoms with Gasteiger partial charge in [-0.25, -0.2) is 4.98 Å². The number of hydrogen-bond donors (Lipinski definition) is 2. The third-order valence-corrected chi connectivity index (χ3v) is 5.46. The molecule has 1 aliphatic carbocycles. The van der Waals surface area contributed by atoms with Crippen molar-refractivity contribution in [2.45, 2.75) is 52.0 Å². The average Bonchev–Trinajstić information content (AvgIpc) is 2.73. The van der Waals surface area contributed by atoms with E-state index in [0.29, 0.717) is 12.0 Å². The number of nitrogens with one attached hydrogen (secondary N) is 2. The van der Waals surface area contributed by atoms with Gasteiger partial charge in [0.2, 0.25) is 5.95 Å². The third-order valence-electron chi connectivity index (χ3n) is 5.46.